The van der Waals surface area contributed by atoms with Gasteiger partial charge in [-0.25, -0.2) is 9.59 Å². The van der Waals surface area contributed by atoms with Crippen molar-refractivity contribution in [3.8, 4) is 11.1 Å². The van der Waals surface area contributed by atoms with Gasteiger partial charge in [0.05, 0.1) is 12.2 Å². The fourth-order valence-corrected chi connectivity index (χ4v) is 4.56. The van der Waals surface area contributed by atoms with Crippen LogP contribution in [0.5, 0.6) is 0 Å². The molecule has 0 saturated carbocycles. The highest BCUT2D eigenvalue weighted by atomic mass is 16.5. The minimum atomic E-state index is -1.10. The van der Waals surface area contributed by atoms with Gasteiger partial charge in [0.1, 0.15) is 18.7 Å². The Morgan fingerprint density at radius 1 is 1.00 bits per heavy atom. The second-order valence-electron chi connectivity index (χ2n) is 10.9. The normalized spacial score (nSPS) is 14.5. The van der Waals surface area contributed by atoms with Crippen LogP contribution >= 0.6 is 0 Å². The minimum absolute atomic E-state index is 0.0655. The number of nitrogens with zero attached hydrogens (tertiary/aromatic N) is 1. The van der Waals surface area contributed by atoms with E-state index in [2.05, 4.69) is 17.4 Å². The number of alkyl carbamates (subject to hydrolysis) is 1. The summed E-state index contributed by atoms with van der Waals surface area (Å²) in [6.45, 7) is 9.28. The molecule has 1 aliphatic rings. The van der Waals surface area contributed by atoms with Crippen molar-refractivity contribution in [1.29, 1.82) is 0 Å². The zero-order valence-electron chi connectivity index (χ0n) is 22.5. The first kappa shape index (κ1) is 28.2. The van der Waals surface area contributed by atoms with Crippen molar-refractivity contribution in [2.75, 3.05) is 20.3 Å². The Kier molecular flexibility index (Phi) is 8.97. The lowest BCUT2D eigenvalue weighted by Crippen LogP contribution is -2.55. The molecular formula is C29H38N2O6. The lowest BCUT2D eigenvalue weighted by Gasteiger charge is -2.31. The number of hydrogen-bond acceptors (Lipinski definition) is 5. The summed E-state index contributed by atoms with van der Waals surface area (Å²) in [6, 6.07) is 13.9. The van der Waals surface area contributed by atoms with Crippen LogP contribution in [0, 0.1) is 5.92 Å². The number of fused-ring (bicyclic) bond motifs is 3. The molecule has 0 radical (unpaired) electrons. The van der Waals surface area contributed by atoms with Gasteiger partial charge >= 0.3 is 12.1 Å². The van der Waals surface area contributed by atoms with Crippen LogP contribution in [-0.2, 0) is 19.1 Å². The van der Waals surface area contributed by atoms with Crippen LogP contribution in [0.25, 0.3) is 11.1 Å². The molecule has 8 nitrogen and oxygen atoms in total. The first-order valence-electron chi connectivity index (χ1n) is 12.6. The third kappa shape index (κ3) is 7.10. The number of carboxylic acid groups (broad SMARTS) is 1. The fourth-order valence-electron chi connectivity index (χ4n) is 4.56. The van der Waals surface area contributed by atoms with Gasteiger partial charge in [-0.05, 0) is 55.4 Å². The lowest BCUT2D eigenvalue weighted by atomic mass is 9.98. The van der Waals surface area contributed by atoms with Gasteiger partial charge in [0.25, 0.3) is 0 Å². The maximum Gasteiger partial charge on any atom is 0.407 e. The van der Waals surface area contributed by atoms with Gasteiger partial charge in [-0.1, -0.05) is 62.4 Å². The summed E-state index contributed by atoms with van der Waals surface area (Å²) in [5, 5.41) is 12.3. The molecule has 0 bridgehead atoms. The largest absolute Gasteiger partial charge is 0.480 e. The molecule has 0 spiro atoms. The molecule has 3 rings (SSSR count). The van der Waals surface area contributed by atoms with Crippen LogP contribution in [0.4, 0.5) is 4.79 Å². The summed E-state index contributed by atoms with van der Waals surface area (Å²) in [7, 11) is 1.44. The van der Waals surface area contributed by atoms with E-state index in [0.717, 1.165) is 22.3 Å². The molecule has 0 unspecified atom stereocenters. The molecule has 0 aromatic heterocycles. The van der Waals surface area contributed by atoms with Gasteiger partial charge < -0.3 is 24.8 Å². The number of ether oxygens (including phenoxy) is 2. The van der Waals surface area contributed by atoms with Gasteiger partial charge in [-0.3, -0.25) is 4.79 Å². The van der Waals surface area contributed by atoms with Crippen molar-refractivity contribution < 1.29 is 29.0 Å². The smallest absolute Gasteiger partial charge is 0.407 e. The number of likely N-dealkylation sites (N-methyl/N-ethyl adjacent to an activating group) is 1. The van der Waals surface area contributed by atoms with E-state index in [1.807, 2.05) is 71.0 Å². The molecule has 2 atom stereocenters. The molecule has 2 aromatic carbocycles. The van der Waals surface area contributed by atoms with Crippen LogP contribution < -0.4 is 5.32 Å². The number of hydrogen-bond donors (Lipinski definition) is 2. The van der Waals surface area contributed by atoms with E-state index in [1.165, 1.54) is 11.9 Å². The Morgan fingerprint density at radius 3 is 2.03 bits per heavy atom. The highest BCUT2D eigenvalue weighted by molar-refractivity contribution is 5.89. The summed E-state index contributed by atoms with van der Waals surface area (Å²) in [5.74, 6) is -1.70. The number of benzene rings is 2. The predicted molar refractivity (Wildman–Crippen MR) is 141 cm³/mol. The van der Waals surface area contributed by atoms with E-state index in [4.69, 9.17) is 9.47 Å². The molecule has 2 amide bonds. The predicted octanol–water partition coefficient (Wildman–Crippen LogP) is 4.67. The molecule has 2 aromatic rings. The third-order valence-electron chi connectivity index (χ3n) is 6.41. The molecule has 2 N–H and O–H groups in total. The molecule has 200 valence electrons. The summed E-state index contributed by atoms with van der Waals surface area (Å²) >= 11 is 0. The molecular weight excluding hydrogens is 472 g/mol. The zero-order valence-corrected chi connectivity index (χ0v) is 22.5. The van der Waals surface area contributed by atoms with E-state index in [9.17, 15) is 19.5 Å². The van der Waals surface area contributed by atoms with Crippen LogP contribution in [0.15, 0.2) is 48.5 Å². The molecule has 37 heavy (non-hydrogen) atoms. The van der Waals surface area contributed by atoms with Crippen LogP contribution in [0.3, 0.4) is 0 Å². The summed E-state index contributed by atoms with van der Waals surface area (Å²) in [5.41, 5.74) is 3.83. The first-order chi connectivity index (χ1) is 17.4. The average molecular weight is 511 g/mol. The standard InChI is InChI=1S/C29H38N2O6/c1-18(2)15-25(27(33)34)31(6)26(32)24(17-37-29(3,4)5)30-28(35)36-16-23-21-13-9-7-11-19(21)20-12-8-10-14-22(20)23/h7-14,18,23-25H,15-17H2,1-6H3,(H,30,35)(H,33,34)/t24-,25-/m0/s1. The van der Waals surface area contributed by atoms with Crippen molar-refractivity contribution in [2.45, 2.75) is 64.6 Å². The Balaban J connectivity index is 1.73. The minimum Gasteiger partial charge on any atom is -0.480 e. The number of aliphatic carboxylic acids is 1. The number of carbonyl (C=O) groups is 3. The molecule has 0 fully saturated rings. The van der Waals surface area contributed by atoms with Crippen molar-refractivity contribution in [3.63, 3.8) is 0 Å². The SMILES string of the molecule is CC(C)C[C@@H](C(=O)O)N(C)C(=O)[C@H](COC(C)(C)C)NC(=O)OCC1c2ccccc2-c2ccccc21. The van der Waals surface area contributed by atoms with Gasteiger partial charge in [-0.2, -0.15) is 0 Å². The Morgan fingerprint density at radius 2 is 1.54 bits per heavy atom. The first-order valence-corrected chi connectivity index (χ1v) is 12.6. The Bertz CT molecular complexity index is 1080. The monoisotopic (exact) mass is 510 g/mol. The fraction of sp³-hybridized carbons (Fsp3) is 0.483. The summed E-state index contributed by atoms with van der Waals surface area (Å²) in [6.07, 6.45) is -0.475. The van der Waals surface area contributed by atoms with Crippen molar-refractivity contribution in [1.82, 2.24) is 10.2 Å². The molecule has 0 aliphatic heterocycles. The third-order valence-corrected chi connectivity index (χ3v) is 6.41. The molecule has 8 heteroatoms. The Labute approximate surface area is 219 Å². The van der Waals surface area contributed by atoms with Crippen LogP contribution in [0.2, 0.25) is 0 Å². The highest BCUT2D eigenvalue weighted by Gasteiger charge is 2.34. The maximum absolute atomic E-state index is 13.3. The topological polar surface area (TPSA) is 105 Å². The van der Waals surface area contributed by atoms with Crippen LogP contribution in [0.1, 0.15) is 58.1 Å². The second kappa shape index (κ2) is 11.8. The van der Waals surface area contributed by atoms with Gasteiger partial charge in [-0.15, -0.1) is 0 Å². The average Bonchev–Trinajstić information content (AvgIpc) is 3.16. The molecule has 1 aliphatic carbocycles. The van der Waals surface area contributed by atoms with E-state index in [0.29, 0.717) is 0 Å². The summed E-state index contributed by atoms with van der Waals surface area (Å²) in [4.78, 5) is 39.2. The van der Waals surface area contributed by atoms with Crippen LogP contribution in [-0.4, -0.2) is 65.9 Å². The summed E-state index contributed by atoms with van der Waals surface area (Å²) < 4.78 is 11.4. The van der Waals surface area contributed by atoms with Gasteiger partial charge in [0.2, 0.25) is 5.91 Å². The van der Waals surface area contributed by atoms with Gasteiger partial charge in [0, 0.05) is 13.0 Å². The van der Waals surface area contributed by atoms with Crippen molar-refractivity contribution in [3.05, 3.63) is 59.7 Å². The van der Waals surface area contributed by atoms with Crippen molar-refractivity contribution in [2.24, 2.45) is 5.92 Å². The van der Waals surface area contributed by atoms with E-state index in [-0.39, 0.29) is 31.5 Å². The van der Waals surface area contributed by atoms with Crippen molar-refractivity contribution >= 4 is 18.0 Å². The highest BCUT2D eigenvalue weighted by Crippen LogP contribution is 2.44. The quantitative estimate of drug-likeness (QED) is 0.481. The zero-order chi connectivity index (χ0) is 27.3. The van der Waals surface area contributed by atoms with E-state index in [1.54, 1.807) is 0 Å². The number of nitrogens with one attached hydrogen (secondary N) is 1. The Hall–Kier alpha value is -3.39. The van der Waals surface area contributed by atoms with E-state index >= 15 is 0 Å². The molecule has 0 saturated heterocycles. The maximum atomic E-state index is 13.3. The number of carboxylic acids is 1. The lowest BCUT2D eigenvalue weighted by molar-refractivity contribution is -0.151. The second-order valence-corrected chi connectivity index (χ2v) is 10.9. The van der Waals surface area contributed by atoms with E-state index < -0.39 is 35.7 Å². The molecule has 0 heterocycles. The number of amides is 2. The number of rotatable bonds is 10. The van der Waals surface area contributed by atoms with Gasteiger partial charge in [0.15, 0.2) is 0 Å². The number of carbonyl (C=O) groups excluding carboxylic acids is 2.